The van der Waals surface area contributed by atoms with E-state index in [1.54, 1.807) is 19.4 Å². The summed E-state index contributed by atoms with van der Waals surface area (Å²) >= 11 is 0. The fourth-order valence-electron chi connectivity index (χ4n) is 2.67. The largest absolute Gasteiger partial charge is 0.494 e. The number of methoxy groups -OCH3 is 1. The van der Waals surface area contributed by atoms with Crippen LogP contribution in [0.15, 0.2) is 60.2 Å². The average Bonchev–Trinajstić information content (AvgIpc) is 2.77. The minimum Gasteiger partial charge on any atom is -0.494 e. The van der Waals surface area contributed by atoms with E-state index in [2.05, 4.69) is 24.0 Å². The molecule has 0 saturated heterocycles. The first-order valence-corrected chi connectivity index (χ1v) is 10.1. The van der Waals surface area contributed by atoms with Crippen LogP contribution < -0.4 is 19.6 Å². The van der Waals surface area contributed by atoms with E-state index in [0.29, 0.717) is 11.5 Å². The van der Waals surface area contributed by atoms with Crippen LogP contribution in [0.25, 0.3) is 0 Å². The van der Waals surface area contributed by atoms with Gasteiger partial charge in [0, 0.05) is 0 Å². The Hall–Kier alpha value is -3.28. The number of hydrogen-bond donors (Lipinski definition) is 1. The summed E-state index contributed by atoms with van der Waals surface area (Å²) in [5.41, 5.74) is 4.37. The van der Waals surface area contributed by atoms with Crippen LogP contribution in [0.4, 0.5) is 0 Å². The van der Waals surface area contributed by atoms with Gasteiger partial charge < -0.3 is 14.2 Å². The number of allylic oxidation sites excluding steroid dienone is 1. The number of nitrogens with zero attached hydrogens (tertiary/aromatic N) is 1. The number of hydrogen-bond acceptors (Lipinski definition) is 5. The van der Waals surface area contributed by atoms with Gasteiger partial charge in [-0.3, -0.25) is 4.79 Å². The Balaban J connectivity index is 1.77. The Bertz CT molecular complexity index is 832. The third kappa shape index (κ3) is 7.99. The van der Waals surface area contributed by atoms with E-state index in [9.17, 15) is 4.79 Å². The third-order valence-corrected chi connectivity index (χ3v) is 4.27. The van der Waals surface area contributed by atoms with Gasteiger partial charge in [0.1, 0.15) is 5.75 Å². The van der Waals surface area contributed by atoms with Crippen molar-refractivity contribution < 1.29 is 19.0 Å². The number of amides is 1. The number of carbonyl (C=O) groups excluding carboxylic acids is 1. The first kappa shape index (κ1) is 23.0. The molecule has 0 radical (unpaired) electrons. The summed E-state index contributed by atoms with van der Waals surface area (Å²) in [6, 6.07) is 13.1. The maximum Gasteiger partial charge on any atom is 0.277 e. The van der Waals surface area contributed by atoms with Gasteiger partial charge in [0.05, 0.1) is 19.9 Å². The van der Waals surface area contributed by atoms with Crippen LogP contribution in [-0.4, -0.2) is 32.4 Å². The SMILES string of the molecule is C=CCc1ccc(OCC(=O)N/N=C\c2ccc(OCCCCC)cc2)c(OC)c1. The number of unbranched alkanes of at least 4 members (excludes halogenated alkanes) is 2. The first-order chi connectivity index (χ1) is 14.7. The molecule has 1 amide bonds. The molecule has 0 spiro atoms. The Morgan fingerprint density at radius 1 is 1.10 bits per heavy atom. The molecule has 0 unspecified atom stereocenters. The van der Waals surface area contributed by atoms with Crippen molar-refractivity contribution in [3.8, 4) is 17.2 Å². The van der Waals surface area contributed by atoms with Crippen molar-refractivity contribution in [3.05, 3.63) is 66.2 Å². The van der Waals surface area contributed by atoms with Crippen LogP contribution in [0.2, 0.25) is 0 Å². The minimum absolute atomic E-state index is 0.168. The zero-order valence-electron chi connectivity index (χ0n) is 17.7. The lowest BCUT2D eigenvalue weighted by Crippen LogP contribution is -2.24. The van der Waals surface area contributed by atoms with Crippen molar-refractivity contribution in [1.29, 1.82) is 0 Å². The van der Waals surface area contributed by atoms with E-state index >= 15 is 0 Å². The molecule has 0 aliphatic carbocycles. The Morgan fingerprint density at radius 3 is 2.60 bits per heavy atom. The highest BCUT2D eigenvalue weighted by Crippen LogP contribution is 2.28. The Morgan fingerprint density at radius 2 is 1.90 bits per heavy atom. The molecule has 0 fully saturated rings. The van der Waals surface area contributed by atoms with Crippen LogP contribution in [0.3, 0.4) is 0 Å². The van der Waals surface area contributed by atoms with Gasteiger partial charge in [-0.1, -0.05) is 31.9 Å². The van der Waals surface area contributed by atoms with Crippen molar-refractivity contribution in [2.45, 2.75) is 32.6 Å². The molecule has 0 aromatic heterocycles. The lowest BCUT2D eigenvalue weighted by molar-refractivity contribution is -0.123. The summed E-state index contributed by atoms with van der Waals surface area (Å²) < 4.78 is 16.5. The second kappa shape index (κ2) is 13.0. The number of ether oxygens (including phenoxy) is 3. The molecule has 30 heavy (non-hydrogen) atoms. The van der Waals surface area contributed by atoms with Gasteiger partial charge in [0.2, 0.25) is 0 Å². The summed E-state index contributed by atoms with van der Waals surface area (Å²) in [5, 5.41) is 3.96. The van der Waals surface area contributed by atoms with Gasteiger partial charge in [-0.25, -0.2) is 5.43 Å². The molecule has 6 nitrogen and oxygen atoms in total. The van der Waals surface area contributed by atoms with Gasteiger partial charge in [-0.05, 0) is 60.4 Å². The number of rotatable bonds is 13. The lowest BCUT2D eigenvalue weighted by Gasteiger charge is -2.11. The maximum atomic E-state index is 12.0. The van der Waals surface area contributed by atoms with Crippen molar-refractivity contribution in [2.24, 2.45) is 5.10 Å². The molecule has 1 N–H and O–H groups in total. The molecule has 2 aromatic carbocycles. The molecule has 0 aliphatic rings. The second-order valence-electron chi connectivity index (χ2n) is 6.68. The van der Waals surface area contributed by atoms with Gasteiger partial charge in [0.15, 0.2) is 18.1 Å². The van der Waals surface area contributed by atoms with Crippen LogP contribution in [0.5, 0.6) is 17.2 Å². The highest BCUT2D eigenvalue weighted by molar-refractivity contribution is 5.83. The zero-order chi connectivity index (χ0) is 21.6. The molecule has 2 rings (SSSR count). The minimum atomic E-state index is -0.362. The van der Waals surface area contributed by atoms with Crippen molar-refractivity contribution in [3.63, 3.8) is 0 Å². The molecule has 6 heteroatoms. The summed E-state index contributed by atoms with van der Waals surface area (Å²) in [6.07, 6.45) is 7.52. The normalized spacial score (nSPS) is 10.6. The third-order valence-electron chi connectivity index (χ3n) is 4.27. The van der Waals surface area contributed by atoms with Gasteiger partial charge in [-0.15, -0.1) is 6.58 Å². The smallest absolute Gasteiger partial charge is 0.277 e. The Kier molecular flexibility index (Phi) is 10.00. The fraction of sp³-hybridized carbons (Fsp3) is 0.333. The van der Waals surface area contributed by atoms with Crippen LogP contribution >= 0.6 is 0 Å². The van der Waals surface area contributed by atoms with E-state index in [1.807, 2.05) is 42.5 Å². The number of benzene rings is 2. The number of hydrazone groups is 1. The molecular formula is C24H30N2O4. The molecule has 2 aromatic rings. The summed E-state index contributed by atoms with van der Waals surface area (Å²) in [4.78, 5) is 12.0. The van der Waals surface area contributed by atoms with Crippen molar-refractivity contribution >= 4 is 12.1 Å². The fourth-order valence-corrected chi connectivity index (χ4v) is 2.67. The standard InChI is InChI=1S/C24H30N2O4/c1-4-6-7-15-29-21-12-9-20(10-13-21)17-25-26-24(27)18-30-22-14-11-19(8-5-2)16-23(22)28-3/h5,9-14,16-17H,2,4,6-8,15,18H2,1,3H3,(H,26,27)/b25-17-. The van der Waals surface area contributed by atoms with Crippen LogP contribution in [0.1, 0.15) is 37.3 Å². The summed E-state index contributed by atoms with van der Waals surface area (Å²) in [5.74, 6) is 1.54. The molecule has 0 aliphatic heterocycles. The first-order valence-electron chi connectivity index (χ1n) is 10.1. The molecule has 0 atom stereocenters. The van der Waals surface area contributed by atoms with Crippen molar-refractivity contribution in [1.82, 2.24) is 5.43 Å². The van der Waals surface area contributed by atoms with E-state index in [4.69, 9.17) is 14.2 Å². The highest BCUT2D eigenvalue weighted by atomic mass is 16.5. The molecule has 160 valence electrons. The predicted octanol–water partition coefficient (Wildman–Crippen LogP) is 4.52. The predicted molar refractivity (Wildman–Crippen MR) is 120 cm³/mol. The molecule has 0 saturated carbocycles. The maximum absolute atomic E-state index is 12.0. The van der Waals surface area contributed by atoms with Crippen molar-refractivity contribution in [2.75, 3.05) is 20.3 Å². The van der Waals surface area contributed by atoms with Gasteiger partial charge in [-0.2, -0.15) is 5.10 Å². The quantitative estimate of drug-likeness (QED) is 0.228. The second-order valence-corrected chi connectivity index (χ2v) is 6.68. The van der Waals surface area contributed by atoms with Gasteiger partial charge >= 0.3 is 0 Å². The van der Waals surface area contributed by atoms with E-state index in [-0.39, 0.29) is 12.5 Å². The number of carbonyl (C=O) groups is 1. The summed E-state index contributed by atoms with van der Waals surface area (Å²) in [7, 11) is 1.56. The topological polar surface area (TPSA) is 69.2 Å². The monoisotopic (exact) mass is 410 g/mol. The lowest BCUT2D eigenvalue weighted by atomic mass is 10.1. The zero-order valence-corrected chi connectivity index (χ0v) is 17.7. The van der Waals surface area contributed by atoms with Crippen LogP contribution in [-0.2, 0) is 11.2 Å². The molecular weight excluding hydrogens is 380 g/mol. The summed E-state index contributed by atoms with van der Waals surface area (Å²) in [6.45, 7) is 6.44. The highest BCUT2D eigenvalue weighted by Gasteiger charge is 2.08. The van der Waals surface area contributed by atoms with Gasteiger partial charge in [0.25, 0.3) is 5.91 Å². The number of nitrogens with one attached hydrogen (secondary N) is 1. The average molecular weight is 411 g/mol. The Labute approximate surface area is 178 Å². The van der Waals surface area contributed by atoms with Crippen LogP contribution in [0, 0.1) is 0 Å². The van der Waals surface area contributed by atoms with E-state index in [0.717, 1.165) is 36.3 Å². The molecule has 0 heterocycles. The van der Waals surface area contributed by atoms with E-state index < -0.39 is 0 Å². The molecule has 0 bridgehead atoms. The van der Waals surface area contributed by atoms with E-state index in [1.165, 1.54) is 12.8 Å².